The van der Waals surface area contributed by atoms with Gasteiger partial charge in [-0.25, -0.2) is 13.1 Å². The molecule has 1 saturated carbocycles. The summed E-state index contributed by atoms with van der Waals surface area (Å²) in [5.41, 5.74) is 1.05. The Kier molecular flexibility index (Phi) is 5.23. The van der Waals surface area contributed by atoms with Crippen molar-refractivity contribution in [3.8, 4) is 0 Å². The van der Waals surface area contributed by atoms with Gasteiger partial charge in [0, 0.05) is 17.5 Å². The topological polar surface area (TPSA) is 58.2 Å². The Morgan fingerprint density at radius 2 is 2.15 bits per heavy atom. The molecule has 1 aliphatic carbocycles. The zero-order valence-corrected chi connectivity index (χ0v) is 14.0. The molecule has 2 unspecified atom stereocenters. The van der Waals surface area contributed by atoms with E-state index in [1.807, 2.05) is 13.8 Å². The van der Waals surface area contributed by atoms with Crippen LogP contribution < -0.4 is 10.0 Å². The van der Waals surface area contributed by atoms with Crippen molar-refractivity contribution in [3.05, 3.63) is 16.5 Å². The van der Waals surface area contributed by atoms with Crippen LogP contribution >= 0.6 is 11.3 Å². The minimum Gasteiger partial charge on any atom is -0.312 e. The zero-order chi connectivity index (χ0) is 14.8. The van der Waals surface area contributed by atoms with Gasteiger partial charge in [0.1, 0.15) is 4.21 Å². The molecule has 114 valence electrons. The van der Waals surface area contributed by atoms with Gasteiger partial charge in [-0.3, -0.25) is 0 Å². The monoisotopic (exact) mass is 316 g/mol. The molecule has 0 aromatic carbocycles. The molecule has 0 bridgehead atoms. The van der Waals surface area contributed by atoms with Crippen molar-refractivity contribution in [1.82, 2.24) is 10.0 Å². The van der Waals surface area contributed by atoms with Gasteiger partial charge in [0.05, 0.1) is 0 Å². The van der Waals surface area contributed by atoms with E-state index in [0.717, 1.165) is 42.8 Å². The molecular weight excluding hydrogens is 292 g/mol. The minimum atomic E-state index is -3.36. The van der Waals surface area contributed by atoms with Crippen molar-refractivity contribution in [2.45, 2.75) is 56.8 Å². The van der Waals surface area contributed by atoms with Gasteiger partial charge < -0.3 is 5.32 Å². The van der Waals surface area contributed by atoms with Crippen molar-refractivity contribution in [2.24, 2.45) is 5.92 Å². The van der Waals surface area contributed by atoms with Crippen LogP contribution in [0.25, 0.3) is 0 Å². The van der Waals surface area contributed by atoms with E-state index in [1.54, 1.807) is 6.07 Å². The number of hydrogen-bond donors (Lipinski definition) is 2. The van der Waals surface area contributed by atoms with Gasteiger partial charge in [0.2, 0.25) is 10.0 Å². The molecule has 0 spiro atoms. The summed E-state index contributed by atoms with van der Waals surface area (Å²) in [6, 6.07) is 1.89. The van der Waals surface area contributed by atoms with E-state index in [4.69, 9.17) is 0 Å². The predicted molar refractivity (Wildman–Crippen MR) is 83.6 cm³/mol. The first-order valence-corrected chi connectivity index (χ1v) is 9.56. The normalized spacial score (nSPS) is 23.4. The lowest BCUT2D eigenvalue weighted by atomic mass is 10.1. The number of thiophene rings is 1. The Hall–Kier alpha value is -0.430. The summed E-state index contributed by atoms with van der Waals surface area (Å²) in [7, 11) is -3.36. The van der Waals surface area contributed by atoms with Gasteiger partial charge in [0.25, 0.3) is 0 Å². The predicted octanol–water partition coefficient (Wildman–Crippen LogP) is 2.63. The highest BCUT2D eigenvalue weighted by atomic mass is 32.2. The first-order valence-electron chi connectivity index (χ1n) is 7.26. The van der Waals surface area contributed by atoms with Crippen molar-refractivity contribution in [1.29, 1.82) is 0 Å². The molecule has 20 heavy (non-hydrogen) atoms. The summed E-state index contributed by atoms with van der Waals surface area (Å²) in [4.78, 5) is 1.10. The number of rotatable bonds is 6. The molecule has 2 N–H and O–H groups in total. The Balaban J connectivity index is 2.13. The van der Waals surface area contributed by atoms with Crippen LogP contribution in [0, 0.1) is 12.8 Å². The van der Waals surface area contributed by atoms with E-state index in [0.29, 0.717) is 10.1 Å². The maximum atomic E-state index is 12.5. The van der Waals surface area contributed by atoms with E-state index in [2.05, 4.69) is 17.0 Å². The Morgan fingerprint density at radius 1 is 1.40 bits per heavy atom. The minimum absolute atomic E-state index is 0.0969. The van der Waals surface area contributed by atoms with Gasteiger partial charge in [-0.1, -0.05) is 20.3 Å². The first-order chi connectivity index (χ1) is 9.44. The second-order valence-electron chi connectivity index (χ2n) is 5.59. The Bertz CT molecular complexity index is 552. The summed E-state index contributed by atoms with van der Waals surface area (Å²) >= 11 is 1.38. The van der Waals surface area contributed by atoms with E-state index in [9.17, 15) is 8.42 Å². The maximum Gasteiger partial charge on any atom is 0.250 e. The number of hydrogen-bond acceptors (Lipinski definition) is 4. The Labute approximate surface area is 126 Å². The van der Waals surface area contributed by atoms with Gasteiger partial charge >= 0.3 is 0 Å². The smallest absolute Gasteiger partial charge is 0.250 e. The first kappa shape index (κ1) is 15.9. The molecule has 6 heteroatoms. The zero-order valence-electron chi connectivity index (χ0n) is 12.4. The van der Waals surface area contributed by atoms with Crippen LogP contribution in [0.1, 0.15) is 43.6 Å². The summed E-state index contributed by atoms with van der Waals surface area (Å²) in [5.74, 6) is 0.437. The summed E-state index contributed by atoms with van der Waals surface area (Å²) in [6.07, 6.45) is 3.18. The van der Waals surface area contributed by atoms with Gasteiger partial charge in [-0.15, -0.1) is 11.3 Å². The summed E-state index contributed by atoms with van der Waals surface area (Å²) < 4.78 is 28.2. The second kappa shape index (κ2) is 6.56. The fraction of sp³-hybridized carbons (Fsp3) is 0.714. The SMILES string of the molecule is CCNCc1sc(S(=O)(=O)NC2CCCC2C)cc1C. The van der Waals surface area contributed by atoms with Crippen LogP contribution in [0.15, 0.2) is 10.3 Å². The maximum absolute atomic E-state index is 12.5. The fourth-order valence-corrected chi connectivity index (χ4v) is 5.57. The lowest BCUT2D eigenvalue weighted by Crippen LogP contribution is -2.36. The standard InChI is InChI=1S/C14H24N2O2S2/c1-4-15-9-13-11(3)8-14(19-13)20(17,18)16-12-7-5-6-10(12)2/h8,10,12,15-16H,4-7,9H2,1-3H3. The molecule has 2 rings (SSSR count). The van der Waals surface area contributed by atoms with Crippen LogP contribution in [0.2, 0.25) is 0 Å². The number of sulfonamides is 1. The molecule has 0 saturated heterocycles. The molecule has 1 aromatic rings. The number of nitrogens with one attached hydrogen (secondary N) is 2. The van der Waals surface area contributed by atoms with Crippen LogP contribution in [-0.4, -0.2) is 21.0 Å². The van der Waals surface area contributed by atoms with E-state index >= 15 is 0 Å². The quantitative estimate of drug-likeness (QED) is 0.848. The molecule has 2 atom stereocenters. The second-order valence-corrected chi connectivity index (χ2v) is 8.67. The third-order valence-corrected chi connectivity index (χ3v) is 7.17. The van der Waals surface area contributed by atoms with Crippen LogP contribution in [0.5, 0.6) is 0 Å². The molecule has 1 heterocycles. The third kappa shape index (κ3) is 3.61. The molecule has 1 aliphatic rings. The van der Waals surface area contributed by atoms with E-state index in [-0.39, 0.29) is 6.04 Å². The van der Waals surface area contributed by atoms with Crippen LogP contribution in [0.4, 0.5) is 0 Å². The summed E-state index contributed by atoms with van der Waals surface area (Å²) in [6.45, 7) is 7.76. The van der Waals surface area contributed by atoms with Crippen molar-refractivity contribution in [2.75, 3.05) is 6.54 Å². The van der Waals surface area contributed by atoms with E-state index < -0.39 is 10.0 Å². The van der Waals surface area contributed by atoms with Gasteiger partial charge in [0.15, 0.2) is 0 Å². The average Bonchev–Trinajstić information content (AvgIpc) is 2.94. The number of aryl methyl sites for hydroxylation is 1. The average molecular weight is 316 g/mol. The highest BCUT2D eigenvalue weighted by Crippen LogP contribution is 2.29. The molecule has 0 amide bonds. The molecule has 0 aliphatic heterocycles. The van der Waals surface area contributed by atoms with Gasteiger partial charge in [-0.2, -0.15) is 0 Å². The summed E-state index contributed by atoms with van der Waals surface area (Å²) in [5, 5.41) is 3.25. The van der Waals surface area contributed by atoms with Crippen molar-refractivity contribution < 1.29 is 8.42 Å². The van der Waals surface area contributed by atoms with Crippen molar-refractivity contribution in [3.63, 3.8) is 0 Å². The largest absolute Gasteiger partial charge is 0.312 e. The molecule has 0 radical (unpaired) electrons. The van der Waals surface area contributed by atoms with E-state index in [1.165, 1.54) is 11.3 Å². The van der Waals surface area contributed by atoms with Crippen LogP contribution in [-0.2, 0) is 16.6 Å². The fourth-order valence-electron chi connectivity index (χ4n) is 2.61. The van der Waals surface area contributed by atoms with Crippen molar-refractivity contribution >= 4 is 21.4 Å². The molecular formula is C14H24N2O2S2. The molecule has 4 nitrogen and oxygen atoms in total. The van der Waals surface area contributed by atoms with Crippen LogP contribution in [0.3, 0.4) is 0 Å². The third-order valence-electron chi connectivity index (χ3n) is 3.97. The molecule has 1 aromatic heterocycles. The lowest BCUT2D eigenvalue weighted by Gasteiger charge is -2.16. The highest BCUT2D eigenvalue weighted by molar-refractivity contribution is 7.91. The Morgan fingerprint density at radius 3 is 2.75 bits per heavy atom. The highest BCUT2D eigenvalue weighted by Gasteiger charge is 2.29. The van der Waals surface area contributed by atoms with Gasteiger partial charge in [-0.05, 0) is 43.9 Å². The molecule has 1 fully saturated rings. The lowest BCUT2D eigenvalue weighted by molar-refractivity contribution is 0.477.